The van der Waals surface area contributed by atoms with E-state index in [1.165, 1.54) is 6.42 Å². The van der Waals surface area contributed by atoms with Gasteiger partial charge in [-0.15, -0.1) is 0 Å². The van der Waals surface area contributed by atoms with Crippen LogP contribution in [0.5, 0.6) is 0 Å². The van der Waals surface area contributed by atoms with Gasteiger partial charge in [-0.3, -0.25) is 0 Å². The fourth-order valence-corrected chi connectivity index (χ4v) is 2.39. The van der Waals surface area contributed by atoms with Crippen molar-refractivity contribution in [1.82, 2.24) is 0 Å². The Morgan fingerprint density at radius 3 is 2.50 bits per heavy atom. The Morgan fingerprint density at radius 1 is 1.43 bits per heavy atom. The first-order chi connectivity index (χ1) is 6.71. The van der Waals surface area contributed by atoms with E-state index in [1.54, 1.807) is 0 Å². The predicted octanol–water partition coefficient (Wildman–Crippen LogP) is 2.04. The molecule has 1 saturated heterocycles. The van der Waals surface area contributed by atoms with Gasteiger partial charge in [-0.25, -0.2) is 4.79 Å². The van der Waals surface area contributed by atoms with Gasteiger partial charge in [-0.1, -0.05) is 13.8 Å². The van der Waals surface area contributed by atoms with Gasteiger partial charge in [0, 0.05) is 0 Å². The van der Waals surface area contributed by atoms with Crippen molar-refractivity contribution in [3.63, 3.8) is 0 Å². The van der Waals surface area contributed by atoms with Crippen LogP contribution < -0.4 is 0 Å². The molecule has 1 aliphatic carbocycles. The van der Waals surface area contributed by atoms with E-state index in [2.05, 4.69) is 0 Å². The van der Waals surface area contributed by atoms with Crippen LogP contribution in [0.25, 0.3) is 0 Å². The number of carbonyl (C=O) groups is 1. The third-order valence-electron chi connectivity index (χ3n) is 3.49. The molecule has 1 saturated carbocycles. The SMILES string of the molecule is CCCOC(=O)C1(CC)OC12CCC2. The Kier molecular flexibility index (Phi) is 2.30. The van der Waals surface area contributed by atoms with Gasteiger partial charge >= 0.3 is 5.97 Å². The topological polar surface area (TPSA) is 38.8 Å². The third kappa shape index (κ3) is 1.11. The molecular weight excluding hydrogens is 180 g/mol. The van der Waals surface area contributed by atoms with Crippen molar-refractivity contribution in [2.24, 2.45) is 0 Å². The van der Waals surface area contributed by atoms with Gasteiger partial charge in [0.2, 0.25) is 0 Å². The average molecular weight is 198 g/mol. The van der Waals surface area contributed by atoms with E-state index in [4.69, 9.17) is 9.47 Å². The van der Waals surface area contributed by atoms with Crippen LogP contribution in [-0.4, -0.2) is 23.8 Å². The van der Waals surface area contributed by atoms with Gasteiger partial charge in [0.25, 0.3) is 0 Å². The zero-order valence-electron chi connectivity index (χ0n) is 8.97. The van der Waals surface area contributed by atoms with E-state index in [0.29, 0.717) is 6.61 Å². The Bertz CT molecular complexity index is 245. The number of epoxide rings is 1. The summed E-state index contributed by atoms with van der Waals surface area (Å²) in [5.41, 5.74) is -0.688. The monoisotopic (exact) mass is 198 g/mol. The van der Waals surface area contributed by atoms with Crippen LogP contribution >= 0.6 is 0 Å². The van der Waals surface area contributed by atoms with Crippen LogP contribution in [0.2, 0.25) is 0 Å². The summed E-state index contributed by atoms with van der Waals surface area (Å²) in [7, 11) is 0. The Labute approximate surface area is 84.8 Å². The summed E-state index contributed by atoms with van der Waals surface area (Å²) < 4.78 is 10.8. The molecule has 3 heteroatoms. The first-order valence-electron chi connectivity index (χ1n) is 5.58. The lowest BCUT2D eigenvalue weighted by Gasteiger charge is -2.25. The molecule has 2 rings (SSSR count). The van der Waals surface area contributed by atoms with E-state index in [1.807, 2.05) is 13.8 Å². The quantitative estimate of drug-likeness (QED) is 0.512. The molecule has 1 spiro atoms. The summed E-state index contributed by atoms with van der Waals surface area (Å²) in [6.45, 7) is 4.51. The second kappa shape index (κ2) is 3.23. The molecule has 2 aliphatic rings. The normalized spacial score (nSPS) is 32.4. The van der Waals surface area contributed by atoms with Crippen molar-refractivity contribution in [2.75, 3.05) is 6.61 Å². The summed E-state index contributed by atoms with van der Waals surface area (Å²) in [6.07, 6.45) is 4.86. The molecule has 0 aromatic heterocycles. The highest BCUT2D eigenvalue weighted by Crippen LogP contribution is 2.62. The smallest absolute Gasteiger partial charge is 0.341 e. The van der Waals surface area contributed by atoms with Crippen molar-refractivity contribution in [3.8, 4) is 0 Å². The molecule has 14 heavy (non-hydrogen) atoms. The van der Waals surface area contributed by atoms with E-state index in [9.17, 15) is 4.79 Å². The fourth-order valence-electron chi connectivity index (χ4n) is 2.39. The number of esters is 1. The number of hydrogen-bond acceptors (Lipinski definition) is 3. The lowest BCUT2D eigenvalue weighted by atomic mass is 9.74. The highest BCUT2D eigenvalue weighted by atomic mass is 16.7. The van der Waals surface area contributed by atoms with Crippen LogP contribution in [0.3, 0.4) is 0 Å². The van der Waals surface area contributed by atoms with Gasteiger partial charge < -0.3 is 9.47 Å². The molecule has 3 nitrogen and oxygen atoms in total. The minimum atomic E-state index is -0.569. The molecule has 0 bridgehead atoms. The molecule has 0 aromatic carbocycles. The van der Waals surface area contributed by atoms with Crippen LogP contribution in [0, 0.1) is 0 Å². The van der Waals surface area contributed by atoms with Gasteiger partial charge in [0.1, 0.15) is 5.60 Å². The van der Waals surface area contributed by atoms with Crippen LogP contribution in [0.1, 0.15) is 46.0 Å². The van der Waals surface area contributed by atoms with Crippen molar-refractivity contribution >= 4 is 5.97 Å². The van der Waals surface area contributed by atoms with Crippen LogP contribution in [0.15, 0.2) is 0 Å². The third-order valence-corrected chi connectivity index (χ3v) is 3.49. The first-order valence-corrected chi connectivity index (χ1v) is 5.58. The molecule has 1 atom stereocenters. The van der Waals surface area contributed by atoms with Crippen molar-refractivity contribution < 1.29 is 14.3 Å². The van der Waals surface area contributed by atoms with E-state index >= 15 is 0 Å². The molecule has 1 heterocycles. The summed E-state index contributed by atoms with van der Waals surface area (Å²) in [6, 6.07) is 0. The molecule has 0 aromatic rings. The number of carbonyl (C=O) groups excluding carboxylic acids is 1. The highest BCUT2D eigenvalue weighted by molar-refractivity contribution is 5.85. The van der Waals surface area contributed by atoms with Crippen LogP contribution in [0.4, 0.5) is 0 Å². The Hall–Kier alpha value is -0.570. The van der Waals surface area contributed by atoms with E-state index in [0.717, 1.165) is 25.7 Å². The second-order valence-corrected chi connectivity index (χ2v) is 4.27. The maximum atomic E-state index is 11.8. The zero-order valence-corrected chi connectivity index (χ0v) is 8.97. The molecule has 80 valence electrons. The highest BCUT2D eigenvalue weighted by Gasteiger charge is 2.76. The molecule has 1 aliphatic heterocycles. The average Bonchev–Trinajstić information content (AvgIpc) is 2.84. The first kappa shape index (κ1) is 9.97. The number of hydrogen-bond donors (Lipinski definition) is 0. The van der Waals surface area contributed by atoms with Crippen molar-refractivity contribution in [3.05, 3.63) is 0 Å². The van der Waals surface area contributed by atoms with Crippen LogP contribution in [-0.2, 0) is 14.3 Å². The molecule has 0 N–H and O–H groups in total. The summed E-state index contributed by atoms with van der Waals surface area (Å²) in [4.78, 5) is 11.8. The largest absolute Gasteiger partial charge is 0.463 e. The van der Waals surface area contributed by atoms with Crippen molar-refractivity contribution in [1.29, 1.82) is 0 Å². The summed E-state index contributed by atoms with van der Waals surface area (Å²) in [5, 5.41) is 0. The molecule has 0 amide bonds. The standard InChI is InChI=1S/C11H18O3/c1-3-8-13-9(12)11(4-2)10(14-11)6-5-7-10/h3-8H2,1-2H3. The fraction of sp³-hybridized carbons (Fsp3) is 0.909. The van der Waals surface area contributed by atoms with E-state index in [-0.39, 0.29) is 11.6 Å². The summed E-state index contributed by atoms with van der Waals surface area (Å²) in [5.74, 6) is -0.137. The maximum absolute atomic E-state index is 11.8. The van der Waals surface area contributed by atoms with Gasteiger partial charge in [0.15, 0.2) is 5.60 Å². The Balaban J connectivity index is 1.97. The summed E-state index contributed by atoms with van der Waals surface area (Å²) >= 11 is 0. The number of rotatable bonds is 4. The second-order valence-electron chi connectivity index (χ2n) is 4.27. The van der Waals surface area contributed by atoms with Crippen molar-refractivity contribution in [2.45, 2.75) is 57.2 Å². The van der Waals surface area contributed by atoms with Gasteiger partial charge in [-0.2, -0.15) is 0 Å². The predicted molar refractivity (Wildman–Crippen MR) is 51.9 cm³/mol. The van der Waals surface area contributed by atoms with Gasteiger partial charge in [-0.05, 0) is 32.1 Å². The molecule has 2 fully saturated rings. The lowest BCUT2D eigenvalue weighted by Crippen LogP contribution is -2.39. The minimum absolute atomic E-state index is 0.118. The maximum Gasteiger partial charge on any atom is 0.341 e. The zero-order chi connectivity index (χ0) is 10.2. The van der Waals surface area contributed by atoms with Gasteiger partial charge in [0.05, 0.1) is 6.61 Å². The minimum Gasteiger partial charge on any atom is -0.463 e. The van der Waals surface area contributed by atoms with E-state index < -0.39 is 5.60 Å². The Morgan fingerprint density at radius 2 is 2.14 bits per heavy atom. The molecule has 1 unspecified atom stereocenters. The number of ether oxygens (including phenoxy) is 2. The molecular formula is C11H18O3. The molecule has 0 radical (unpaired) electrons. The lowest BCUT2D eigenvalue weighted by molar-refractivity contribution is -0.150.